The number of ether oxygens (including phenoxy) is 1. The Morgan fingerprint density at radius 2 is 2.00 bits per heavy atom. The van der Waals surface area contributed by atoms with Crippen LogP contribution in [0.1, 0.15) is 30.0 Å². The predicted octanol–water partition coefficient (Wildman–Crippen LogP) is 3.73. The molecule has 0 spiro atoms. The van der Waals surface area contributed by atoms with E-state index in [0.29, 0.717) is 25.5 Å². The summed E-state index contributed by atoms with van der Waals surface area (Å²) in [6.07, 6.45) is 1.41. The maximum atomic E-state index is 12.7. The first-order valence-corrected chi connectivity index (χ1v) is 9.32. The second kappa shape index (κ2) is 9.77. The van der Waals surface area contributed by atoms with Gasteiger partial charge in [-0.3, -0.25) is 4.79 Å². The fourth-order valence-electron chi connectivity index (χ4n) is 3.62. The first-order chi connectivity index (χ1) is 12.6. The van der Waals surface area contributed by atoms with Crippen molar-refractivity contribution in [1.82, 2.24) is 4.90 Å². The number of aryl methyl sites for hydroxylation is 1. The Morgan fingerprint density at radius 3 is 2.70 bits per heavy atom. The fourth-order valence-corrected chi connectivity index (χ4v) is 3.62. The van der Waals surface area contributed by atoms with E-state index in [-0.39, 0.29) is 24.4 Å². The minimum atomic E-state index is 0. The normalized spacial score (nSPS) is 18.9. The molecule has 2 aromatic rings. The Balaban J connectivity index is 0.00000261. The summed E-state index contributed by atoms with van der Waals surface area (Å²) in [6, 6.07) is 16.3. The highest BCUT2D eigenvalue weighted by Crippen LogP contribution is 2.24. The van der Waals surface area contributed by atoms with Crippen molar-refractivity contribution in [3.8, 4) is 5.75 Å². The van der Waals surface area contributed by atoms with Crippen molar-refractivity contribution in [2.24, 2.45) is 11.7 Å². The molecule has 0 radical (unpaired) electrons. The van der Waals surface area contributed by atoms with Crippen LogP contribution in [-0.4, -0.2) is 29.9 Å². The Labute approximate surface area is 168 Å². The van der Waals surface area contributed by atoms with E-state index in [1.807, 2.05) is 41.3 Å². The molecule has 1 aliphatic rings. The summed E-state index contributed by atoms with van der Waals surface area (Å²) in [4.78, 5) is 14.6. The lowest BCUT2D eigenvalue weighted by atomic mass is 10.1. The summed E-state index contributed by atoms with van der Waals surface area (Å²) in [5, 5.41) is 0. The lowest BCUT2D eigenvalue weighted by Gasteiger charge is -2.21. The highest BCUT2D eigenvalue weighted by molar-refractivity contribution is 5.85. The lowest BCUT2D eigenvalue weighted by molar-refractivity contribution is -0.131. The number of halogens is 1. The van der Waals surface area contributed by atoms with Crippen molar-refractivity contribution in [2.45, 2.75) is 39.3 Å². The molecule has 3 rings (SSSR count). The van der Waals surface area contributed by atoms with Crippen molar-refractivity contribution >= 4 is 18.3 Å². The van der Waals surface area contributed by atoms with Crippen molar-refractivity contribution in [1.29, 1.82) is 0 Å². The molecule has 5 heteroatoms. The number of nitrogens with zero attached hydrogens (tertiary/aromatic N) is 1. The van der Waals surface area contributed by atoms with Crippen LogP contribution in [0.15, 0.2) is 48.5 Å². The molecule has 146 valence electrons. The van der Waals surface area contributed by atoms with Gasteiger partial charge in [-0.15, -0.1) is 12.4 Å². The van der Waals surface area contributed by atoms with Gasteiger partial charge in [-0.25, -0.2) is 0 Å². The topological polar surface area (TPSA) is 55.6 Å². The minimum absolute atomic E-state index is 0. The second-order valence-electron chi connectivity index (χ2n) is 7.27. The largest absolute Gasteiger partial charge is 0.489 e. The SMILES string of the molecule is Cc1ccccc1COc1cccc(CC(=O)N2CC(CN)CC2C)c1.Cl. The minimum Gasteiger partial charge on any atom is -0.489 e. The third kappa shape index (κ3) is 5.47. The molecule has 4 nitrogen and oxygen atoms in total. The van der Waals surface area contributed by atoms with Crippen LogP contribution < -0.4 is 10.5 Å². The van der Waals surface area contributed by atoms with Crippen molar-refractivity contribution in [3.63, 3.8) is 0 Å². The Bertz CT molecular complexity index is 765. The monoisotopic (exact) mass is 388 g/mol. The molecule has 2 unspecified atom stereocenters. The number of carbonyl (C=O) groups is 1. The lowest BCUT2D eigenvalue weighted by Crippen LogP contribution is -2.35. The van der Waals surface area contributed by atoms with Gasteiger partial charge in [0, 0.05) is 12.6 Å². The van der Waals surface area contributed by atoms with Crippen LogP contribution in [0.3, 0.4) is 0 Å². The van der Waals surface area contributed by atoms with Gasteiger partial charge in [0.15, 0.2) is 0 Å². The molecular weight excluding hydrogens is 360 g/mol. The van der Waals surface area contributed by atoms with Crippen molar-refractivity contribution in [2.75, 3.05) is 13.1 Å². The number of likely N-dealkylation sites (tertiary alicyclic amines) is 1. The number of hydrogen-bond acceptors (Lipinski definition) is 3. The first kappa shape index (κ1) is 21.3. The molecule has 1 saturated heterocycles. The Hall–Kier alpha value is -2.04. The summed E-state index contributed by atoms with van der Waals surface area (Å²) < 4.78 is 5.93. The molecule has 2 atom stereocenters. The van der Waals surface area contributed by atoms with Gasteiger partial charge in [-0.1, -0.05) is 36.4 Å². The summed E-state index contributed by atoms with van der Waals surface area (Å²) >= 11 is 0. The molecule has 1 amide bonds. The molecule has 0 saturated carbocycles. The molecule has 2 N–H and O–H groups in total. The number of hydrogen-bond donors (Lipinski definition) is 1. The third-order valence-corrected chi connectivity index (χ3v) is 5.22. The van der Waals surface area contributed by atoms with E-state index >= 15 is 0 Å². The molecule has 0 bridgehead atoms. The first-order valence-electron chi connectivity index (χ1n) is 9.32. The number of amides is 1. The van der Waals surface area contributed by atoms with Gasteiger partial charge < -0.3 is 15.4 Å². The Kier molecular flexibility index (Phi) is 7.69. The van der Waals surface area contributed by atoms with Crippen molar-refractivity contribution < 1.29 is 9.53 Å². The van der Waals surface area contributed by atoms with Gasteiger partial charge in [-0.2, -0.15) is 0 Å². The van der Waals surface area contributed by atoms with E-state index in [9.17, 15) is 4.79 Å². The molecule has 0 aliphatic carbocycles. The zero-order valence-corrected chi connectivity index (χ0v) is 16.9. The van der Waals surface area contributed by atoms with Crippen LogP contribution in [-0.2, 0) is 17.8 Å². The van der Waals surface area contributed by atoms with E-state index in [0.717, 1.165) is 24.3 Å². The molecule has 1 aliphatic heterocycles. The number of carbonyl (C=O) groups excluding carboxylic acids is 1. The van der Waals surface area contributed by atoms with Crippen LogP contribution in [0.25, 0.3) is 0 Å². The highest BCUT2D eigenvalue weighted by atomic mass is 35.5. The maximum absolute atomic E-state index is 12.7. The summed E-state index contributed by atoms with van der Waals surface area (Å²) in [6.45, 7) is 6.15. The van der Waals surface area contributed by atoms with Crippen LogP contribution in [0.2, 0.25) is 0 Å². The van der Waals surface area contributed by atoms with Gasteiger partial charge in [0.05, 0.1) is 6.42 Å². The number of benzene rings is 2. The summed E-state index contributed by atoms with van der Waals surface area (Å²) in [7, 11) is 0. The summed E-state index contributed by atoms with van der Waals surface area (Å²) in [5.41, 5.74) is 9.15. The smallest absolute Gasteiger partial charge is 0.227 e. The zero-order chi connectivity index (χ0) is 18.5. The molecule has 27 heavy (non-hydrogen) atoms. The standard InChI is InChI=1S/C22H28N2O2.ClH/c1-16-6-3-4-8-20(16)15-26-21-9-5-7-18(11-21)12-22(25)24-14-19(13-23)10-17(24)2;/h3-9,11,17,19H,10,12-15,23H2,1-2H3;1H. The van der Waals surface area contributed by atoms with Gasteiger partial charge >= 0.3 is 0 Å². The van der Waals surface area contributed by atoms with E-state index in [1.54, 1.807) is 0 Å². The van der Waals surface area contributed by atoms with Crippen molar-refractivity contribution in [3.05, 3.63) is 65.2 Å². The number of nitrogens with two attached hydrogens (primary N) is 1. The maximum Gasteiger partial charge on any atom is 0.227 e. The quantitative estimate of drug-likeness (QED) is 0.820. The van der Waals surface area contributed by atoms with E-state index < -0.39 is 0 Å². The second-order valence-corrected chi connectivity index (χ2v) is 7.27. The van der Waals surface area contributed by atoms with E-state index in [1.165, 1.54) is 11.1 Å². The molecule has 0 aromatic heterocycles. The molecular formula is C22H29ClN2O2. The van der Waals surface area contributed by atoms with Gasteiger partial charge in [0.25, 0.3) is 0 Å². The van der Waals surface area contributed by atoms with E-state index in [4.69, 9.17) is 10.5 Å². The fraction of sp³-hybridized carbons (Fsp3) is 0.409. The predicted molar refractivity (Wildman–Crippen MR) is 111 cm³/mol. The van der Waals surface area contributed by atoms with Gasteiger partial charge in [0.2, 0.25) is 5.91 Å². The van der Waals surface area contributed by atoms with Crippen LogP contribution in [0, 0.1) is 12.8 Å². The van der Waals surface area contributed by atoms with Crippen LogP contribution >= 0.6 is 12.4 Å². The average molecular weight is 389 g/mol. The van der Waals surface area contributed by atoms with Crippen LogP contribution in [0.5, 0.6) is 5.75 Å². The average Bonchev–Trinajstić information content (AvgIpc) is 3.02. The third-order valence-electron chi connectivity index (χ3n) is 5.22. The zero-order valence-electron chi connectivity index (χ0n) is 16.1. The Morgan fingerprint density at radius 1 is 1.22 bits per heavy atom. The molecule has 2 aromatic carbocycles. The molecule has 1 fully saturated rings. The van der Waals surface area contributed by atoms with Gasteiger partial charge in [-0.05, 0) is 61.6 Å². The number of rotatable bonds is 6. The van der Waals surface area contributed by atoms with Crippen LogP contribution in [0.4, 0.5) is 0 Å². The van der Waals surface area contributed by atoms with Gasteiger partial charge in [0.1, 0.15) is 12.4 Å². The highest BCUT2D eigenvalue weighted by Gasteiger charge is 2.31. The van der Waals surface area contributed by atoms with E-state index in [2.05, 4.69) is 26.0 Å². The molecule has 1 heterocycles. The summed E-state index contributed by atoms with van der Waals surface area (Å²) in [5.74, 6) is 1.40.